The summed E-state index contributed by atoms with van der Waals surface area (Å²) < 4.78 is 22.4. The van der Waals surface area contributed by atoms with Gasteiger partial charge in [0.05, 0.1) is 33.0 Å². The molecule has 4 heteroatoms. The molecule has 2 atom stereocenters. The van der Waals surface area contributed by atoms with Crippen LogP contribution in [0.5, 0.6) is 5.75 Å². The molecule has 0 radical (unpaired) electrons. The first-order valence-corrected chi connectivity index (χ1v) is 8.83. The number of hydrogen-bond donors (Lipinski definition) is 0. The van der Waals surface area contributed by atoms with Gasteiger partial charge >= 0.3 is 0 Å². The first-order valence-electron chi connectivity index (χ1n) is 8.83. The van der Waals surface area contributed by atoms with Crippen molar-refractivity contribution in [2.75, 3.05) is 20.3 Å². The third kappa shape index (κ3) is 6.16. The van der Waals surface area contributed by atoms with Gasteiger partial charge in [0.25, 0.3) is 0 Å². The lowest BCUT2D eigenvalue weighted by molar-refractivity contribution is 0.00845. The maximum Gasteiger partial charge on any atom is 0.118 e. The molecule has 2 aromatic carbocycles. The van der Waals surface area contributed by atoms with E-state index in [1.165, 1.54) is 5.56 Å². The fourth-order valence-corrected chi connectivity index (χ4v) is 2.72. The molecule has 4 nitrogen and oxygen atoms in total. The molecule has 134 valence electrons. The van der Waals surface area contributed by atoms with Gasteiger partial charge in [-0.15, -0.1) is 0 Å². The molecule has 3 rings (SSSR count). The van der Waals surface area contributed by atoms with E-state index in [9.17, 15) is 0 Å². The predicted octanol–water partition coefficient (Wildman–Crippen LogP) is 3.98. The van der Waals surface area contributed by atoms with Gasteiger partial charge in [-0.05, 0) is 36.1 Å². The van der Waals surface area contributed by atoms with E-state index in [0.29, 0.717) is 13.2 Å². The first-order chi connectivity index (χ1) is 12.3. The van der Waals surface area contributed by atoms with E-state index in [1.54, 1.807) is 7.11 Å². The molecule has 1 aliphatic heterocycles. The second-order valence-electron chi connectivity index (χ2n) is 6.25. The van der Waals surface area contributed by atoms with Crippen molar-refractivity contribution < 1.29 is 18.9 Å². The summed E-state index contributed by atoms with van der Waals surface area (Å²) in [6.45, 7) is 2.80. The van der Waals surface area contributed by atoms with Gasteiger partial charge in [0, 0.05) is 6.61 Å². The van der Waals surface area contributed by atoms with E-state index in [-0.39, 0.29) is 12.2 Å². The molecule has 0 N–H and O–H groups in total. The van der Waals surface area contributed by atoms with Gasteiger partial charge < -0.3 is 18.9 Å². The molecule has 1 saturated heterocycles. The van der Waals surface area contributed by atoms with Crippen LogP contribution < -0.4 is 4.74 Å². The van der Waals surface area contributed by atoms with E-state index < -0.39 is 0 Å². The van der Waals surface area contributed by atoms with Crippen LogP contribution in [0.15, 0.2) is 54.6 Å². The SMILES string of the molecule is COc1ccc(COCCC[C@H](OCc2ccccc2)[C@H]2CO2)cc1. The summed E-state index contributed by atoms with van der Waals surface area (Å²) in [6.07, 6.45) is 2.34. The molecule has 1 aliphatic rings. The Balaban J connectivity index is 1.33. The molecule has 0 saturated carbocycles. The fourth-order valence-electron chi connectivity index (χ4n) is 2.72. The summed E-state index contributed by atoms with van der Waals surface area (Å²) in [5.41, 5.74) is 2.35. The van der Waals surface area contributed by atoms with Crippen molar-refractivity contribution in [2.24, 2.45) is 0 Å². The van der Waals surface area contributed by atoms with Crippen LogP contribution in [0.1, 0.15) is 24.0 Å². The lowest BCUT2D eigenvalue weighted by Gasteiger charge is -2.16. The Kier molecular flexibility index (Phi) is 6.86. The largest absolute Gasteiger partial charge is 0.497 e. The summed E-state index contributed by atoms with van der Waals surface area (Å²) in [7, 11) is 1.67. The highest BCUT2D eigenvalue weighted by Gasteiger charge is 2.33. The average Bonchev–Trinajstić information content (AvgIpc) is 3.50. The van der Waals surface area contributed by atoms with Crippen molar-refractivity contribution >= 4 is 0 Å². The molecular formula is C21H26O4. The summed E-state index contributed by atoms with van der Waals surface area (Å²) in [5, 5.41) is 0. The standard InChI is InChI=1S/C21H26O4/c1-22-19-11-9-18(10-12-19)14-23-13-5-8-20(21-16-25-21)24-15-17-6-3-2-4-7-17/h2-4,6-7,9-12,20-21H,5,8,13-16H2,1H3/t20-,21+/m0/s1. The number of rotatable bonds is 11. The van der Waals surface area contributed by atoms with Gasteiger partial charge in [-0.25, -0.2) is 0 Å². The quantitative estimate of drug-likeness (QED) is 0.457. The third-order valence-corrected chi connectivity index (χ3v) is 4.29. The minimum Gasteiger partial charge on any atom is -0.497 e. The molecule has 0 aliphatic carbocycles. The van der Waals surface area contributed by atoms with Crippen LogP contribution in [0.2, 0.25) is 0 Å². The van der Waals surface area contributed by atoms with E-state index >= 15 is 0 Å². The van der Waals surface area contributed by atoms with Crippen molar-refractivity contribution in [3.63, 3.8) is 0 Å². The van der Waals surface area contributed by atoms with Gasteiger partial charge in [0.1, 0.15) is 11.9 Å². The third-order valence-electron chi connectivity index (χ3n) is 4.29. The number of ether oxygens (including phenoxy) is 4. The van der Waals surface area contributed by atoms with E-state index in [4.69, 9.17) is 18.9 Å². The second-order valence-corrected chi connectivity index (χ2v) is 6.25. The highest BCUT2D eigenvalue weighted by atomic mass is 16.6. The summed E-state index contributed by atoms with van der Waals surface area (Å²) in [4.78, 5) is 0. The van der Waals surface area contributed by atoms with Crippen LogP contribution in [-0.4, -0.2) is 32.5 Å². The van der Waals surface area contributed by atoms with Gasteiger partial charge in [0.2, 0.25) is 0 Å². The Bertz CT molecular complexity index is 608. The lowest BCUT2D eigenvalue weighted by atomic mass is 10.1. The van der Waals surface area contributed by atoms with Crippen molar-refractivity contribution in [1.29, 1.82) is 0 Å². The van der Waals surface area contributed by atoms with Crippen LogP contribution in [0, 0.1) is 0 Å². The fraction of sp³-hybridized carbons (Fsp3) is 0.429. The van der Waals surface area contributed by atoms with E-state index in [0.717, 1.165) is 37.4 Å². The highest BCUT2D eigenvalue weighted by Crippen LogP contribution is 2.22. The van der Waals surface area contributed by atoms with Crippen molar-refractivity contribution in [3.05, 3.63) is 65.7 Å². The Labute approximate surface area is 149 Å². The molecule has 1 heterocycles. The highest BCUT2D eigenvalue weighted by molar-refractivity contribution is 5.26. The van der Waals surface area contributed by atoms with Crippen LogP contribution in [-0.2, 0) is 27.4 Å². The minimum atomic E-state index is 0.157. The van der Waals surface area contributed by atoms with Gasteiger partial charge in [-0.1, -0.05) is 42.5 Å². The van der Waals surface area contributed by atoms with E-state index in [1.807, 2.05) is 42.5 Å². The Hall–Kier alpha value is -1.88. The Morgan fingerprint density at radius 1 is 1.00 bits per heavy atom. The summed E-state index contributed by atoms with van der Waals surface area (Å²) >= 11 is 0. The molecule has 0 spiro atoms. The van der Waals surface area contributed by atoms with Crippen LogP contribution in [0.25, 0.3) is 0 Å². The molecule has 2 aromatic rings. The van der Waals surface area contributed by atoms with Crippen molar-refractivity contribution in [2.45, 2.75) is 38.3 Å². The molecule has 0 amide bonds. The molecule has 0 unspecified atom stereocenters. The topological polar surface area (TPSA) is 40.2 Å². The average molecular weight is 342 g/mol. The normalized spacial score (nSPS) is 17.2. The van der Waals surface area contributed by atoms with Crippen LogP contribution in [0.3, 0.4) is 0 Å². The monoisotopic (exact) mass is 342 g/mol. The number of epoxide rings is 1. The molecule has 25 heavy (non-hydrogen) atoms. The van der Waals surface area contributed by atoms with Crippen molar-refractivity contribution in [1.82, 2.24) is 0 Å². The Morgan fingerprint density at radius 3 is 2.40 bits per heavy atom. The Morgan fingerprint density at radius 2 is 1.72 bits per heavy atom. The first kappa shape index (κ1) is 17.9. The molecule has 1 fully saturated rings. The number of benzene rings is 2. The predicted molar refractivity (Wildman–Crippen MR) is 96.6 cm³/mol. The minimum absolute atomic E-state index is 0.157. The van der Waals surface area contributed by atoms with Crippen molar-refractivity contribution in [3.8, 4) is 5.75 Å². The molecular weight excluding hydrogens is 316 g/mol. The number of hydrogen-bond acceptors (Lipinski definition) is 4. The molecule has 0 aromatic heterocycles. The van der Waals surface area contributed by atoms with E-state index in [2.05, 4.69) is 12.1 Å². The maximum atomic E-state index is 6.05. The zero-order chi connectivity index (χ0) is 17.3. The van der Waals surface area contributed by atoms with Crippen LogP contribution in [0.4, 0.5) is 0 Å². The summed E-state index contributed by atoms with van der Waals surface area (Å²) in [6, 6.07) is 18.2. The molecule has 0 bridgehead atoms. The zero-order valence-corrected chi connectivity index (χ0v) is 14.7. The maximum absolute atomic E-state index is 6.05. The lowest BCUT2D eigenvalue weighted by Crippen LogP contribution is -2.20. The van der Waals surface area contributed by atoms with Gasteiger partial charge in [0.15, 0.2) is 0 Å². The zero-order valence-electron chi connectivity index (χ0n) is 14.7. The van der Waals surface area contributed by atoms with Crippen LogP contribution >= 0.6 is 0 Å². The van der Waals surface area contributed by atoms with Gasteiger partial charge in [-0.2, -0.15) is 0 Å². The van der Waals surface area contributed by atoms with Gasteiger partial charge in [-0.3, -0.25) is 0 Å². The smallest absolute Gasteiger partial charge is 0.118 e. The summed E-state index contributed by atoms with van der Waals surface area (Å²) in [5.74, 6) is 0.867. The second kappa shape index (κ2) is 9.56. The number of methoxy groups -OCH3 is 1.